The number of piperazine rings is 1. The van der Waals surface area contributed by atoms with E-state index in [0.29, 0.717) is 23.3 Å². The predicted octanol–water partition coefficient (Wildman–Crippen LogP) is 2.05. The van der Waals surface area contributed by atoms with Crippen molar-refractivity contribution < 1.29 is 9.90 Å². The standard InChI is InChI=1S/C22H26N8O2S/c1-14-18(20(31)32)33-22(25-14)28-21-26-17-13-29(12-15-4-2-3-6-24-15)9-5-16(17)19(27-21)30-10-7-23-8-11-30/h2-4,6,23H,5,7-13H2,1H3,(H,31,32)(H,25,26,27,28). The molecular weight excluding hydrogens is 440 g/mol. The van der Waals surface area contributed by atoms with Crippen molar-refractivity contribution in [2.24, 2.45) is 0 Å². The molecule has 11 heteroatoms. The van der Waals surface area contributed by atoms with E-state index >= 15 is 0 Å². The average molecular weight is 467 g/mol. The van der Waals surface area contributed by atoms with Gasteiger partial charge in [0, 0.05) is 57.6 Å². The van der Waals surface area contributed by atoms with Crippen molar-refractivity contribution in [3.05, 3.63) is 51.9 Å². The van der Waals surface area contributed by atoms with Crippen LogP contribution < -0.4 is 15.5 Å². The third-order valence-corrected chi connectivity index (χ3v) is 6.92. The average Bonchev–Trinajstić information content (AvgIpc) is 3.20. The fraction of sp³-hybridized carbons (Fsp3) is 0.409. The van der Waals surface area contributed by atoms with Crippen molar-refractivity contribution in [3.8, 4) is 0 Å². The van der Waals surface area contributed by atoms with Crippen LogP contribution in [0.3, 0.4) is 0 Å². The molecule has 1 fully saturated rings. The first kappa shape index (κ1) is 21.7. The highest BCUT2D eigenvalue weighted by molar-refractivity contribution is 7.17. The monoisotopic (exact) mass is 466 g/mol. The molecule has 5 rings (SSSR count). The summed E-state index contributed by atoms with van der Waals surface area (Å²) in [5.74, 6) is 0.442. The Balaban J connectivity index is 1.45. The Hall–Kier alpha value is -3.15. The van der Waals surface area contributed by atoms with Crippen LogP contribution in [0.1, 0.15) is 32.3 Å². The van der Waals surface area contributed by atoms with E-state index < -0.39 is 5.97 Å². The van der Waals surface area contributed by atoms with Crippen LogP contribution in [0.2, 0.25) is 0 Å². The number of rotatable bonds is 6. The van der Waals surface area contributed by atoms with Gasteiger partial charge >= 0.3 is 5.97 Å². The molecule has 0 radical (unpaired) electrons. The van der Waals surface area contributed by atoms with Crippen molar-refractivity contribution >= 4 is 34.2 Å². The summed E-state index contributed by atoms with van der Waals surface area (Å²) in [5, 5.41) is 16.4. The van der Waals surface area contributed by atoms with Crippen molar-refractivity contribution in [1.82, 2.24) is 30.2 Å². The van der Waals surface area contributed by atoms with Gasteiger partial charge in [0.05, 0.1) is 17.1 Å². The third kappa shape index (κ3) is 4.80. The van der Waals surface area contributed by atoms with Crippen LogP contribution in [-0.4, -0.2) is 68.6 Å². The number of aromatic carboxylic acids is 1. The van der Waals surface area contributed by atoms with Gasteiger partial charge in [-0.1, -0.05) is 17.4 Å². The first-order valence-electron chi connectivity index (χ1n) is 11.0. The lowest BCUT2D eigenvalue weighted by atomic mass is 10.0. The second-order valence-electron chi connectivity index (χ2n) is 8.18. The number of nitrogens with zero attached hydrogens (tertiary/aromatic N) is 6. The van der Waals surface area contributed by atoms with E-state index in [1.165, 1.54) is 5.56 Å². The van der Waals surface area contributed by atoms with Gasteiger partial charge in [0.2, 0.25) is 5.95 Å². The molecule has 3 aromatic heterocycles. The summed E-state index contributed by atoms with van der Waals surface area (Å²) in [7, 11) is 0. The molecule has 3 aromatic rings. The molecular formula is C22H26N8O2S. The zero-order chi connectivity index (χ0) is 22.8. The van der Waals surface area contributed by atoms with E-state index in [1.54, 1.807) is 6.92 Å². The molecule has 0 bridgehead atoms. The van der Waals surface area contributed by atoms with E-state index in [9.17, 15) is 9.90 Å². The maximum atomic E-state index is 11.4. The quantitative estimate of drug-likeness (QED) is 0.498. The topological polar surface area (TPSA) is 119 Å². The van der Waals surface area contributed by atoms with Gasteiger partial charge in [0.25, 0.3) is 0 Å². The van der Waals surface area contributed by atoms with Crippen LogP contribution in [0.4, 0.5) is 16.9 Å². The maximum absolute atomic E-state index is 11.4. The highest BCUT2D eigenvalue weighted by atomic mass is 32.1. The first-order chi connectivity index (χ1) is 16.1. The van der Waals surface area contributed by atoms with Gasteiger partial charge in [-0.25, -0.2) is 14.8 Å². The molecule has 0 aromatic carbocycles. The van der Waals surface area contributed by atoms with Gasteiger partial charge in [-0.3, -0.25) is 15.2 Å². The number of carboxylic acids is 1. The lowest BCUT2D eigenvalue weighted by Crippen LogP contribution is -2.45. The number of fused-ring (bicyclic) bond motifs is 1. The van der Waals surface area contributed by atoms with Crippen LogP contribution in [0, 0.1) is 6.92 Å². The third-order valence-electron chi connectivity index (χ3n) is 5.86. The Morgan fingerprint density at radius 2 is 2.06 bits per heavy atom. The fourth-order valence-corrected chi connectivity index (χ4v) is 5.06. The van der Waals surface area contributed by atoms with Gasteiger partial charge in [-0.05, 0) is 25.5 Å². The van der Waals surface area contributed by atoms with Gasteiger partial charge < -0.3 is 15.3 Å². The minimum absolute atomic E-state index is 0.222. The SMILES string of the molecule is Cc1nc(Nc2nc3c(c(N4CCNCC4)n2)CCN(Cc2ccccn2)C3)sc1C(=O)O. The number of carbonyl (C=O) groups is 1. The van der Waals surface area contributed by atoms with E-state index in [-0.39, 0.29) is 4.88 Å². The number of hydrogen-bond donors (Lipinski definition) is 3. The van der Waals surface area contributed by atoms with E-state index in [0.717, 1.165) is 74.2 Å². The highest BCUT2D eigenvalue weighted by Gasteiger charge is 2.26. The highest BCUT2D eigenvalue weighted by Crippen LogP contribution is 2.31. The summed E-state index contributed by atoms with van der Waals surface area (Å²) in [6, 6.07) is 5.98. The zero-order valence-electron chi connectivity index (χ0n) is 18.4. The van der Waals surface area contributed by atoms with Crippen LogP contribution in [-0.2, 0) is 19.5 Å². The minimum atomic E-state index is -0.976. The van der Waals surface area contributed by atoms with Crippen LogP contribution >= 0.6 is 11.3 Å². The Kier molecular flexibility index (Phi) is 6.16. The molecule has 10 nitrogen and oxygen atoms in total. The second kappa shape index (κ2) is 9.38. The van der Waals surface area contributed by atoms with Crippen molar-refractivity contribution in [2.45, 2.75) is 26.4 Å². The molecule has 0 unspecified atom stereocenters. The van der Waals surface area contributed by atoms with Crippen LogP contribution in [0.25, 0.3) is 0 Å². The number of pyridine rings is 1. The molecule has 172 valence electrons. The summed E-state index contributed by atoms with van der Waals surface area (Å²) < 4.78 is 0. The molecule has 0 amide bonds. The number of nitrogens with one attached hydrogen (secondary N) is 2. The van der Waals surface area contributed by atoms with Gasteiger partial charge in [-0.2, -0.15) is 4.98 Å². The summed E-state index contributed by atoms with van der Waals surface area (Å²) in [6.07, 6.45) is 2.70. The van der Waals surface area contributed by atoms with Crippen molar-refractivity contribution in [1.29, 1.82) is 0 Å². The van der Waals surface area contributed by atoms with Crippen molar-refractivity contribution in [2.75, 3.05) is 42.9 Å². The number of anilines is 3. The summed E-state index contributed by atoms with van der Waals surface area (Å²) in [6.45, 7) is 7.71. The van der Waals surface area contributed by atoms with Gasteiger partial charge in [-0.15, -0.1) is 0 Å². The molecule has 1 saturated heterocycles. The largest absolute Gasteiger partial charge is 0.477 e. The number of carboxylic acid groups (broad SMARTS) is 1. The second-order valence-corrected chi connectivity index (χ2v) is 9.18. The normalized spacial score (nSPS) is 16.5. The van der Waals surface area contributed by atoms with Crippen molar-refractivity contribution in [3.63, 3.8) is 0 Å². The smallest absolute Gasteiger partial charge is 0.347 e. The summed E-state index contributed by atoms with van der Waals surface area (Å²) >= 11 is 1.10. The van der Waals surface area contributed by atoms with Crippen LogP contribution in [0.5, 0.6) is 0 Å². The predicted molar refractivity (Wildman–Crippen MR) is 126 cm³/mol. The Morgan fingerprint density at radius 1 is 1.21 bits per heavy atom. The molecule has 2 aliphatic rings. The molecule has 2 aliphatic heterocycles. The van der Waals surface area contributed by atoms with E-state index in [1.807, 2.05) is 24.4 Å². The number of aromatic nitrogens is 4. The van der Waals surface area contributed by atoms with Gasteiger partial charge in [0.1, 0.15) is 10.7 Å². The molecule has 0 spiro atoms. The molecule has 5 heterocycles. The van der Waals surface area contributed by atoms with Crippen LogP contribution in [0.15, 0.2) is 24.4 Å². The number of aryl methyl sites for hydroxylation is 1. The van der Waals surface area contributed by atoms with E-state index in [2.05, 4.69) is 30.4 Å². The fourth-order valence-electron chi connectivity index (χ4n) is 4.26. The molecule has 33 heavy (non-hydrogen) atoms. The molecule has 0 aliphatic carbocycles. The molecule has 0 atom stereocenters. The lowest BCUT2D eigenvalue weighted by molar-refractivity contribution is 0.0701. The Morgan fingerprint density at radius 3 is 2.79 bits per heavy atom. The Labute approximate surface area is 195 Å². The molecule has 3 N–H and O–H groups in total. The summed E-state index contributed by atoms with van der Waals surface area (Å²) in [4.78, 5) is 34.8. The van der Waals surface area contributed by atoms with E-state index in [4.69, 9.17) is 9.97 Å². The first-order valence-corrected chi connectivity index (χ1v) is 11.8. The Bertz CT molecular complexity index is 1150. The zero-order valence-corrected chi connectivity index (χ0v) is 19.2. The molecule has 0 saturated carbocycles. The van der Waals surface area contributed by atoms with Gasteiger partial charge in [0.15, 0.2) is 5.13 Å². The number of hydrogen-bond acceptors (Lipinski definition) is 10. The summed E-state index contributed by atoms with van der Waals surface area (Å²) in [5.41, 5.74) is 3.71. The minimum Gasteiger partial charge on any atom is -0.477 e. The maximum Gasteiger partial charge on any atom is 0.347 e. The number of thiazole rings is 1. The lowest BCUT2D eigenvalue weighted by Gasteiger charge is -2.34.